The van der Waals surface area contributed by atoms with Crippen LogP contribution in [-0.2, 0) is 0 Å². The van der Waals surface area contributed by atoms with E-state index in [0.717, 1.165) is 10.9 Å². The highest BCUT2D eigenvalue weighted by Crippen LogP contribution is 2.24. The van der Waals surface area contributed by atoms with E-state index >= 15 is 0 Å². The minimum atomic E-state index is 0.442. The molecule has 0 atom stereocenters. The number of nitrogens with zero attached hydrogens (tertiary/aromatic N) is 2. The molecule has 2 aromatic heterocycles. The minimum absolute atomic E-state index is 0.442. The van der Waals surface area contributed by atoms with Gasteiger partial charge in [0.15, 0.2) is 11.6 Å². The maximum absolute atomic E-state index is 6.09. The van der Waals surface area contributed by atoms with Crippen LogP contribution in [0.2, 0.25) is 5.15 Å². The van der Waals surface area contributed by atoms with Crippen LogP contribution in [0.25, 0.3) is 22.5 Å². The van der Waals surface area contributed by atoms with E-state index in [1.807, 2.05) is 24.3 Å². The van der Waals surface area contributed by atoms with Gasteiger partial charge in [0.1, 0.15) is 5.15 Å². The molecule has 2 heterocycles. The third kappa shape index (κ3) is 1.46. The summed E-state index contributed by atoms with van der Waals surface area (Å²) in [6.45, 7) is 0. The Morgan fingerprint density at radius 1 is 1.00 bits per heavy atom. The quantitative estimate of drug-likeness (QED) is 0.600. The molecule has 0 aliphatic rings. The first-order valence-corrected chi connectivity index (χ1v) is 5.18. The van der Waals surface area contributed by atoms with Crippen LogP contribution < -0.4 is 0 Å². The zero-order valence-corrected chi connectivity index (χ0v) is 8.98. The highest BCUT2D eigenvalue weighted by Gasteiger charge is 2.08. The molecule has 0 unspecified atom stereocenters. The first-order chi connectivity index (χ1) is 7.84. The van der Waals surface area contributed by atoms with Gasteiger partial charge in [0, 0.05) is 5.39 Å². The van der Waals surface area contributed by atoms with Crippen LogP contribution in [0.5, 0.6) is 0 Å². The highest BCUT2D eigenvalue weighted by molar-refractivity contribution is 6.34. The number of rotatable bonds is 1. The Morgan fingerprint density at radius 2 is 1.88 bits per heavy atom. The van der Waals surface area contributed by atoms with Crippen molar-refractivity contribution in [2.24, 2.45) is 0 Å². The van der Waals surface area contributed by atoms with Gasteiger partial charge in [0.25, 0.3) is 0 Å². The molecule has 0 aliphatic heterocycles. The van der Waals surface area contributed by atoms with Crippen molar-refractivity contribution in [2.75, 3.05) is 0 Å². The largest absolute Gasteiger partial charge is 0.461 e. The molecule has 0 aliphatic carbocycles. The Balaban J connectivity index is 2.29. The van der Waals surface area contributed by atoms with Crippen molar-refractivity contribution < 1.29 is 4.42 Å². The van der Waals surface area contributed by atoms with Gasteiger partial charge in [-0.2, -0.15) is 0 Å². The molecule has 0 saturated carbocycles. The van der Waals surface area contributed by atoms with E-state index in [2.05, 4.69) is 9.97 Å². The molecule has 0 N–H and O–H groups in total. The average Bonchev–Trinajstić information content (AvgIpc) is 2.82. The number of hydrogen-bond donors (Lipinski definition) is 0. The second-order valence-electron chi connectivity index (χ2n) is 3.33. The maximum atomic E-state index is 6.09. The van der Waals surface area contributed by atoms with Crippen molar-refractivity contribution in [3.05, 3.63) is 47.8 Å². The fraction of sp³-hybridized carbons (Fsp3) is 0. The van der Waals surface area contributed by atoms with Crippen LogP contribution in [-0.4, -0.2) is 9.97 Å². The maximum Gasteiger partial charge on any atom is 0.197 e. The van der Waals surface area contributed by atoms with Crippen LogP contribution in [0.1, 0.15) is 0 Å². The Bertz CT molecular complexity index is 635. The van der Waals surface area contributed by atoms with Crippen LogP contribution in [0.4, 0.5) is 0 Å². The van der Waals surface area contributed by atoms with E-state index in [1.54, 1.807) is 18.4 Å². The van der Waals surface area contributed by atoms with E-state index in [4.69, 9.17) is 16.0 Å². The molecule has 0 spiro atoms. The second-order valence-corrected chi connectivity index (χ2v) is 3.69. The summed E-state index contributed by atoms with van der Waals surface area (Å²) in [4.78, 5) is 8.59. The van der Waals surface area contributed by atoms with Gasteiger partial charge in [-0.3, -0.25) is 0 Å². The second kappa shape index (κ2) is 3.61. The van der Waals surface area contributed by atoms with Crippen molar-refractivity contribution in [2.45, 2.75) is 0 Å². The first kappa shape index (κ1) is 9.36. The first-order valence-electron chi connectivity index (χ1n) is 4.81. The molecule has 78 valence electrons. The van der Waals surface area contributed by atoms with Gasteiger partial charge in [0.05, 0.1) is 11.8 Å². The molecule has 3 rings (SSSR count). The van der Waals surface area contributed by atoms with E-state index in [1.165, 1.54) is 0 Å². The molecule has 1 aromatic carbocycles. The van der Waals surface area contributed by atoms with Crippen LogP contribution in [0, 0.1) is 0 Å². The number of para-hydroxylation sites is 1. The zero-order valence-electron chi connectivity index (χ0n) is 8.22. The number of hydrogen-bond acceptors (Lipinski definition) is 3. The molecular formula is C12H7ClN2O. The average molecular weight is 231 g/mol. The van der Waals surface area contributed by atoms with Crippen molar-refractivity contribution >= 4 is 22.5 Å². The normalized spacial score (nSPS) is 10.8. The van der Waals surface area contributed by atoms with Crippen LogP contribution in [0.15, 0.2) is 47.1 Å². The number of furan rings is 1. The lowest BCUT2D eigenvalue weighted by molar-refractivity contribution is 0.577. The predicted octanol–water partition coefficient (Wildman–Crippen LogP) is 3.54. The number of fused-ring (bicyclic) bond motifs is 1. The van der Waals surface area contributed by atoms with E-state index in [0.29, 0.717) is 16.7 Å². The summed E-state index contributed by atoms with van der Waals surface area (Å²) in [5.41, 5.74) is 0.814. The summed E-state index contributed by atoms with van der Waals surface area (Å²) in [5.74, 6) is 1.13. The summed E-state index contributed by atoms with van der Waals surface area (Å²) in [6.07, 6.45) is 1.59. The van der Waals surface area contributed by atoms with Gasteiger partial charge in [-0.15, -0.1) is 0 Å². The topological polar surface area (TPSA) is 38.9 Å². The van der Waals surface area contributed by atoms with E-state index in [-0.39, 0.29) is 0 Å². The fourth-order valence-electron chi connectivity index (χ4n) is 1.55. The van der Waals surface area contributed by atoms with Gasteiger partial charge >= 0.3 is 0 Å². The predicted molar refractivity (Wildman–Crippen MR) is 62.3 cm³/mol. The molecule has 4 heteroatoms. The zero-order chi connectivity index (χ0) is 11.0. The van der Waals surface area contributed by atoms with Gasteiger partial charge < -0.3 is 4.42 Å². The van der Waals surface area contributed by atoms with Crippen LogP contribution >= 0.6 is 11.6 Å². The van der Waals surface area contributed by atoms with E-state index in [9.17, 15) is 0 Å². The molecule has 0 saturated heterocycles. The SMILES string of the molecule is Clc1nc(-c2ccco2)nc2ccccc12. The Labute approximate surface area is 96.7 Å². The smallest absolute Gasteiger partial charge is 0.197 e. The molecule has 0 bridgehead atoms. The number of benzene rings is 1. The molecule has 0 amide bonds. The Morgan fingerprint density at radius 3 is 2.69 bits per heavy atom. The molecule has 3 aromatic rings. The van der Waals surface area contributed by atoms with Gasteiger partial charge in [0.2, 0.25) is 0 Å². The minimum Gasteiger partial charge on any atom is -0.461 e. The third-order valence-electron chi connectivity index (χ3n) is 2.30. The highest BCUT2D eigenvalue weighted by atomic mass is 35.5. The molecular weight excluding hydrogens is 224 g/mol. The lowest BCUT2D eigenvalue weighted by Crippen LogP contribution is -1.90. The Hall–Kier alpha value is -1.87. The van der Waals surface area contributed by atoms with Crippen molar-refractivity contribution in [1.82, 2.24) is 9.97 Å². The van der Waals surface area contributed by atoms with Crippen molar-refractivity contribution in [1.29, 1.82) is 0 Å². The molecule has 0 radical (unpaired) electrons. The molecule has 0 fully saturated rings. The lowest BCUT2D eigenvalue weighted by Gasteiger charge is -2.01. The monoisotopic (exact) mass is 230 g/mol. The standard InChI is InChI=1S/C12H7ClN2O/c13-11-8-4-1-2-5-9(8)14-12(15-11)10-6-3-7-16-10/h1-7H. The van der Waals surface area contributed by atoms with Gasteiger partial charge in [-0.1, -0.05) is 23.7 Å². The summed E-state index contributed by atoms with van der Waals surface area (Å²) in [7, 11) is 0. The summed E-state index contributed by atoms with van der Waals surface area (Å²) >= 11 is 6.09. The fourth-order valence-corrected chi connectivity index (χ4v) is 1.79. The number of aromatic nitrogens is 2. The lowest BCUT2D eigenvalue weighted by atomic mass is 10.2. The summed E-state index contributed by atoms with van der Waals surface area (Å²) in [6, 6.07) is 11.2. The Kier molecular flexibility index (Phi) is 2.11. The molecule has 16 heavy (non-hydrogen) atoms. The van der Waals surface area contributed by atoms with Crippen LogP contribution in [0.3, 0.4) is 0 Å². The van der Waals surface area contributed by atoms with E-state index < -0.39 is 0 Å². The summed E-state index contributed by atoms with van der Waals surface area (Å²) < 4.78 is 5.24. The van der Waals surface area contributed by atoms with Gasteiger partial charge in [-0.25, -0.2) is 9.97 Å². The van der Waals surface area contributed by atoms with Crippen molar-refractivity contribution in [3.8, 4) is 11.6 Å². The van der Waals surface area contributed by atoms with Crippen molar-refractivity contribution in [3.63, 3.8) is 0 Å². The third-order valence-corrected chi connectivity index (χ3v) is 2.59. The summed E-state index contributed by atoms with van der Waals surface area (Å²) in [5, 5.41) is 1.29. The molecule has 3 nitrogen and oxygen atoms in total. The van der Waals surface area contributed by atoms with Gasteiger partial charge in [-0.05, 0) is 24.3 Å². The number of halogens is 1.